The van der Waals surface area contributed by atoms with Gasteiger partial charge in [0.25, 0.3) is 0 Å². The van der Waals surface area contributed by atoms with Gasteiger partial charge in [-0.15, -0.1) is 0 Å². The number of furan rings is 1. The molecule has 1 heterocycles. The highest BCUT2D eigenvalue weighted by Crippen LogP contribution is 2.35. The highest BCUT2D eigenvalue weighted by molar-refractivity contribution is 6.10. The van der Waals surface area contributed by atoms with E-state index in [4.69, 9.17) is 9.15 Å². The first-order valence-electron chi connectivity index (χ1n) is 7.78. The first-order valence-corrected chi connectivity index (χ1v) is 7.78. The van der Waals surface area contributed by atoms with Crippen molar-refractivity contribution in [1.82, 2.24) is 0 Å². The van der Waals surface area contributed by atoms with Crippen molar-refractivity contribution in [2.75, 3.05) is 6.61 Å². The summed E-state index contributed by atoms with van der Waals surface area (Å²) in [5.74, 6) is -0.240. The first kappa shape index (κ1) is 14.6. The molecule has 0 saturated heterocycles. The van der Waals surface area contributed by atoms with Crippen molar-refractivity contribution >= 4 is 27.9 Å². The lowest BCUT2D eigenvalue weighted by molar-refractivity contribution is 0.0524. The molecule has 3 nitrogen and oxygen atoms in total. The standard InChI is InChI=1S/C19H20O3/c1-4-8-14-17(19(20)21-5-2)12(3)11-16-18(14)13-9-6-7-10-15(13)22-16/h6-7,9-11H,4-5,8H2,1-3H3. The van der Waals surface area contributed by atoms with Gasteiger partial charge in [0.05, 0.1) is 12.2 Å². The van der Waals surface area contributed by atoms with Crippen LogP contribution in [-0.4, -0.2) is 12.6 Å². The Kier molecular flexibility index (Phi) is 3.88. The van der Waals surface area contributed by atoms with Gasteiger partial charge in [-0.3, -0.25) is 0 Å². The Morgan fingerprint density at radius 3 is 2.68 bits per heavy atom. The highest BCUT2D eigenvalue weighted by atomic mass is 16.5. The van der Waals surface area contributed by atoms with E-state index in [-0.39, 0.29) is 5.97 Å². The maximum Gasteiger partial charge on any atom is 0.338 e. The minimum atomic E-state index is -0.240. The summed E-state index contributed by atoms with van der Waals surface area (Å²) in [4.78, 5) is 12.4. The lowest BCUT2D eigenvalue weighted by Crippen LogP contribution is -2.10. The Hall–Kier alpha value is -2.29. The third-order valence-corrected chi connectivity index (χ3v) is 3.95. The number of benzene rings is 2. The number of esters is 1. The number of hydrogen-bond acceptors (Lipinski definition) is 3. The van der Waals surface area contributed by atoms with Crippen LogP contribution in [0.15, 0.2) is 34.7 Å². The third-order valence-electron chi connectivity index (χ3n) is 3.95. The van der Waals surface area contributed by atoms with E-state index in [9.17, 15) is 4.79 Å². The van der Waals surface area contributed by atoms with Gasteiger partial charge in [-0.1, -0.05) is 31.5 Å². The number of rotatable bonds is 4. The molecule has 3 aromatic rings. The fourth-order valence-corrected chi connectivity index (χ4v) is 3.10. The lowest BCUT2D eigenvalue weighted by Gasteiger charge is -2.12. The summed E-state index contributed by atoms with van der Waals surface area (Å²) < 4.78 is 11.2. The van der Waals surface area contributed by atoms with Crippen LogP contribution in [-0.2, 0) is 11.2 Å². The van der Waals surface area contributed by atoms with Crippen molar-refractivity contribution in [2.24, 2.45) is 0 Å². The minimum Gasteiger partial charge on any atom is -0.462 e. The number of aryl methyl sites for hydroxylation is 2. The Bertz CT molecular complexity index is 843. The SMILES string of the molecule is CCCc1c(C(=O)OCC)c(C)cc2oc3ccccc3c12. The van der Waals surface area contributed by atoms with Gasteiger partial charge in [-0.25, -0.2) is 4.79 Å². The van der Waals surface area contributed by atoms with Gasteiger partial charge >= 0.3 is 5.97 Å². The van der Waals surface area contributed by atoms with E-state index in [1.54, 1.807) is 0 Å². The van der Waals surface area contributed by atoms with Crippen LogP contribution in [0.25, 0.3) is 21.9 Å². The van der Waals surface area contributed by atoms with Crippen LogP contribution in [0.3, 0.4) is 0 Å². The van der Waals surface area contributed by atoms with Gasteiger partial charge in [0.1, 0.15) is 11.2 Å². The fraction of sp³-hybridized carbons (Fsp3) is 0.316. The second-order valence-electron chi connectivity index (χ2n) is 5.49. The molecule has 0 fully saturated rings. The third kappa shape index (κ3) is 2.27. The van der Waals surface area contributed by atoms with E-state index in [1.807, 2.05) is 44.2 Å². The molecule has 2 aromatic carbocycles. The van der Waals surface area contributed by atoms with Gasteiger partial charge < -0.3 is 9.15 Å². The van der Waals surface area contributed by atoms with Crippen LogP contribution in [0.2, 0.25) is 0 Å². The summed E-state index contributed by atoms with van der Waals surface area (Å²) in [6, 6.07) is 9.91. The molecule has 1 aromatic heterocycles. The number of para-hydroxylation sites is 1. The van der Waals surface area contributed by atoms with Gasteiger partial charge in [0.15, 0.2) is 0 Å². The Morgan fingerprint density at radius 1 is 1.18 bits per heavy atom. The van der Waals surface area contributed by atoms with Crippen molar-refractivity contribution in [2.45, 2.75) is 33.6 Å². The molecule has 3 rings (SSSR count). The van der Waals surface area contributed by atoms with E-state index >= 15 is 0 Å². The first-order chi connectivity index (χ1) is 10.7. The molecule has 0 aliphatic heterocycles. The number of ether oxygens (including phenoxy) is 1. The minimum absolute atomic E-state index is 0.240. The molecule has 0 spiro atoms. The Morgan fingerprint density at radius 2 is 1.95 bits per heavy atom. The molecule has 0 amide bonds. The Balaban J connectivity index is 2.39. The largest absolute Gasteiger partial charge is 0.462 e. The zero-order valence-electron chi connectivity index (χ0n) is 13.2. The predicted molar refractivity (Wildman–Crippen MR) is 88.4 cm³/mol. The summed E-state index contributed by atoms with van der Waals surface area (Å²) in [7, 11) is 0. The molecule has 22 heavy (non-hydrogen) atoms. The zero-order chi connectivity index (χ0) is 15.7. The van der Waals surface area contributed by atoms with Crippen molar-refractivity contribution < 1.29 is 13.9 Å². The molecule has 0 saturated carbocycles. The summed E-state index contributed by atoms with van der Waals surface area (Å²) in [5, 5.41) is 2.11. The van der Waals surface area contributed by atoms with Gasteiger partial charge in [0.2, 0.25) is 0 Å². The second kappa shape index (κ2) is 5.84. The molecular formula is C19H20O3. The highest BCUT2D eigenvalue weighted by Gasteiger charge is 2.21. The molecule has 0 bridgehead atoms. The number of fused-ring (bicyclic) bond motifs is 3. The van der Waals surface area contributed by atoms with Crippen LogP contribution in [0.5, 0.6) is 0 Å². The van der Waals surface area contributed by atoms with E-state index < -0.39 is 0 Å². The van der Waals surface area contributed by atoms with E-state index in [2.05, 4.69) is 6.92 Å². The molecule has 0 radical (unpaired) electrons. The molecule has 3 heteroatoms. The average Bonchev–Trinajstić information content (AvgIpc) is 2.85. The second-order valence-corrected chi connectivity index (χ2v) is 5.49. The molecule has 0 N–H and O–H groups in total. The molecular weight excluding hydrogens is 276 g/mol. The van der Waals surface area contributed by atoms with Crippen LogP contribution in [0.1, 0.15) is 41.8 Å². The lowest BCUT2D eigenvalue weighted by atomic mass is 9.93. The molecule has 0 aliphatic carbocycles. The Labute approximate surface area is 129 Å². The summed E-state index contributed by atoms with van der Waals surface area (Å²) in [6.07, 6.45) is 1.79. The fourth-order valence-electron chi connectivity index (χ4n) is 3.10. The molecule has 0 atom stereocenters. The van der Waals surface area contributed by atoms with Crippen molar-refractivity contribution in [3.8, 4) is 0 Å². The van der Waals surface area contributed by atoms with E-state index in [0.717, 1.165) is 45.9 Å². The quantitative estimate of drug-likeness (QED) is 0.634. The topological polar surface area (TPSA) is 39.4 Å². The van der Waals surface area contributed by atoms with Gasteiger partial charge in [-0.2, -0.15) is 0 Å². The maximum absolute atomic E-state index is 12.4. The van der Waals surface area contributed by atoms with Crippen LogP contribution in [0, 0.1) is 6.92 Å². The molecule has 0 unspecified atom stereocenters. The number of carbonyl (C=O) groups is 1. The van der Waals surface area contributed by atoms with Crippen molar-refractivity contribution in [3.05, 3.63) is 47.0 Å². The average molecular weight is 296 g/mol. The van der Waals surface area contributed by atoms with E-state index in [0.29, 0.717) is 12.2 Å². The normalized spacial score (nSPS) is 11.2. The van der Waals surface area contributed by atoms with Crippen LogP contribution >= 0.6 is 0 Å². The number of hydrogen-bond donors (Lipinski definition) is 0. The van der Waals surface area contributed by atoms with Crippen molar-refractivity contribution in [1.29, 1.82) is 0 Å². The maximum atomic E-state index is 12.4. The van der Waals surface area contributed by atoms with Gasteiger partial charge in [0, 0.05) is 10.8 Å². The number of carbonyl (C=O) groups excluding carboxylic acids is 1. The smallest absolute Gasteiger partial charge is 0.338 e. The van der Waals surface area contributed by atoms with Gasteiger partial charge in [-0.05, 0) is 43.5 Å². The summed E-state index contributed by atoms with van der Waals surface area (Å²) >= 11 is 0. The van der Waals surface area contributed by atoms with Crippen molar-refractivity contribution in [3.63, 3.8) is 0 Å². The monoisotopic (exact) mass is 296 g/mol. The zero-order valence-corrected chi connectivity index (χ0v) is 13.2. The van der Waals surface area contributed by atoms with E-state index in [1.165, 1.54) is 0 Å². The van der Waals surface area contributed by atoms with Crippen LogP contribution in [0.4, 0.5) is 0 Å². The van der Waals surface area contributed by atoms with Crippen LogP contribution < -0.4 is 0 Å². The molecule has 114 valence electrons. The summed E-state index contributed by atoms with van der Waals surface area (Å²) in [5.41, 5.74) is 4.35. The molecule has 0 aliphatic rings. The summed E-state index contributed by atoms with van der Waals surface area (Å²) in [6.45, 7) is 6.27. The predicted octanol–water partition coefficient (Wildman–Crippen LogP) is 5.02.